The van der Waals surface area contributed by atoms with Crippen molar-refractivity contribution in [1.29, 1.82) is 0 Å². The molecule has 3 heterocycles. The number of alkyl halides is 5. The molecule has 4 rings (SSSR count). The SMILES string of the molecule is CCOC(=O)c1cn2c(ccc3c(-c4ccc(C)cc4)nc(C(F)(F)C(F)(F)F)nc32)n1. The first-order chi connectivity index (χ1) is 15.0. The zero-order valence-corrected chi connectivity index (χ0v) is 16.7. The van der Waals surface area contributed by atoms with Crippen molar-refractivity contribution < 1.29 is 31.5 Å². The Morgan fingerprint density at radius 2 is 1.69 bits per heavy atom. The number of carbonyl (C=O) groups is 1. The van der Waals surface area contributed by atoms with E-state index in [1.54, 1.807) is 38.1 Å². The molecule has 0 aliphatic carbocycles. The molecule has 0 fully saturated rings. The highest BCUT2D eigenvalue weighted by Gasteiger charge is 2.61. The van der Waals surface area contributed by atoms with Gasteiger partial charge < -0.3 is 4.74 Å². The van der Waals surface area contributed by atoms with Crippen molar-refractivity contribution in [3.63, 3.8) is 0 Å². The molecule has 3 aromatic heterocycles. The smallest absolute Gasteiger partial charge is 0.461 e. The van der Waals surface area contributed by atoms with E-state index in [0.717, 1.165) is 9.96 Å². The molecule has 11 heteroatoms. The number of halogens is 5. The highest BCUT2D eigenvalue weighted by Crippen LogP contribution is 2.43. The zero-order valence-electron chi connectivity index (χ0n) is 16.7. The summed E-state index contributed by atoms with van der Waals surface area (Å²) in [7, 11) is 0. The van der Waals surface area contributed by atoms with Crippen LogP contribution in [0.4, 0.5) is 22.0 Å². The van der Waals surface area contributed by atoms with Crippen molar-refractivity contribution in [1.82, 2.24) is 19.4 Å². The molecule has 32 heavy (non-hydrogen) atoms. The number of imidazole rings is 1. The minimum absolute atomic E-state index is 0.0785. The molecule has 0 N–H and O–H groups in total. The van der Waals surface area contributed by atoms with Gasteiger partial charge in [0.2, 0.25) is 5.82 Å². The number of hydrogen-bond acceptors (Lipinski definition) is 5. The largest absolute Gasteiger partial charge is 0.461 e. The molecule has 0 saturated heterocycles. The molecule has 6 nitrogen and oxygen atoms in total. The highest BCUT2D eigenvalue weighted by molar-refractivity contribution is 5.93. The van der Waals surface area contributed by atoms with E-state index in [4.69, 9.17) is 4.74 Å². The fourth-order valence-corrected chi connectivity index (χ4v) is 3.14. The van der Waals surface area contributed by atoms with Crippen LogP contribution in [0.15, 0.2) is 42.6 Å². The molecule has 166 valence electrons. The second-order valence-corrected chi connectivity index (χ2v) is 6.98. The lowest BCUT2D eigenvalue weighted by molar-refractivity contribution is -0.292. The van der Waals surface area contributed by atoms with Gasteiger partial charge in [0, 0.05) is 17.1 Å². The highest BCUT2D eigenvalue weighted by atomic mass is 19.4. The molecule has 0 radical (unpaired) electrons. The molecular weight excluding hydrogens is 435 g/mol. The molecule has 0 aliphatic heterocycles. The Kier molecular flexibility index (Phi) is 5.06. The quantitative estimate of drug-likeness (QED) is 0.320. The first-order valence-corrected chi connectivity index (χ1v) is 9.42. The van der Waals surface area contributed by atoms with Crippen molar-refractivity contribution in [2.75, 3.05) is 6.61 Å². The van der Waals surface area contributed by atoms with Crippen LogP contribution in [0.1, 0.15) is 28.8 Å². The molecule has 0 saturated carbocycles. The van der Waals surface area contributed by atoms with Gasteiger partial charge in [0.05, 0.1) is 12.3 Å². The summed E-state index contributed by atoms with van der Waals surface area (Å²) < 4.78 is 73.8. The van der Waals surface area contributed by atoms with E-state index < -0.39 is 23.9 Å². The lowest BCUT2D eigenvalue weighted by atomic mass is 10.1. The number of carbonyl (C=O) groups excluding carboxylic acids is 1. The van der Waals surface area contributed by atoms with Crippen LogP contribution in [0, 0.1) is 6.92 Å². The average molecular weight is 450 g/mol. The summed E-state index contributed by atoms with van der Waals surface area (Å²) in [6.07, 6.45) is -4.72. The molecule has 0 bridgehead atoms. The fraction of sp³-hybridized carbons (Fsp3) is 0.238. The number of aromatic nitrogens is 4. The predicted octanol–water partition coefficient (Wildman–Crippen LogP) is 5.08. The summed E-state index contributed by atoms with van der Waals surface area (Å²) in [5.74, 6) is -7.77. The van der Waals surface area contributed by atoms with E-state index in [9.17, 15) is 26.7 Å². The number of benzene rings is 1. The number of esters is 1. The number of aryl methyl sites for hydroxylation is 1. The third kappa shape index (κ3) is 3.53. The molecule has 0 unspecified atom stereocenters. The maximum absolute atomic E-state index is 14.2. The second-order valence-electron chi connectivity index (χ2n) is 6.98. The summed E-state index contributed by atoms with van der Waals surface area (Å²) in [5, 5.41) is 0.205. The molecule has 0 atom stereocenters. The zero-order chi connectivity index (χ0) is 23.3. The van der Waals surface area contributed by atoms with E-state index in [-0.39, 0.29) is 34.7 Å². The predicted molar refractivity (Wildman–Crippen MR) is 104 cm³/mol. The van der Waals surface area contributed by atoms with E-state index in [0.29, 0.717) is 5.56 Å². The summed E-state index contributed by atoms with van der Waals surface area (Å²) in [5.41, 5.74) is 0.808. The summed E-state index contributed by atoms with van der Waals surface area (Å²) >= 11 is 0. The summed E-state index contributed by atoms with van der Waals surface area (Å²) in [6.45, 7) is 3.47. The Hall–Kier alpha value is -3.63. The number of rotatable bonds is 4. The maximum atomic E-state index is 14.2. The summed E-state index contributed by atoms with van der Waals surface area (Å²) in [6, 6.07) is 9.42. The first-order valence-electron chi connectivity index (χ1n) is 9.42. The Bertz CT molecular complexity index is 1330. The Labute approximate surface area is 177 Å². The van der Waals surface area contributed by atoms with Crippen LogP contribution in [0.5, 0.6) is 0 Å². The van der Waals surface area contributed by atoms with Gasteiger partial charge in [-0.3, -0.25) is 4.40 Å². The van der Waals surface area contributed by atoms with Crippen LogP contribution < -0.4 is 0 Å². The van der Waals surface area contributed by atoms with Crippen molar-refractivity contribution in [2.45, 2.75) is 25.9 Å². The molecule has 4 aromatic rings. The number of nitrogens with zero attached hydrogens (tertiary/aromatic N) is 4. The summed E-state index contributed by atoms with van der Waals surface area (Å²) in [4.78, 5) is 23.2. The van der Waals surface area contributed by atoms with Crippen LogP contribution in [-0.2, 0) is 10.7 Å². The van der Waals surface area contributed by atoms with E-state index in [1.165, 1.54) is 18.3 Å². The Morgan fingerprint density at radius 1 is 1.00 bits per heavy atom. The topological polar surface area (TPSA) is 69.4 Å². The number of hydrogen-bond donors (Lipinski definition) is 0. The molecule has 0 amide bonds. The third-order valence-electron chi connectivity index (χ3n) is 4.73. The monoisotopic (exact) mass is 450 g/mol. The van der Waals surface area contributed by atoms with Crippen LogP contribution in [0.25, 0.3) is 27.9 Å². The second kappa shape index (κ2) is 7.50. The average Bonchev–Trinajstić information content (AvgIpc) is 3.18. The first kappa shape index (κ1) is 21.6. The van der Waals surface area contributed by atoms with Crippen LogP contribution in [-0.4, -0.2) is 38.1 Å². The minimum Gasteiger partial charge on any atom is -0.461 e. The maximum Gasteiger partial charge on any atom is 0.461 e. The van der Waals surface area contributed by atoms with Crippen molar-refractivity contribution in [3.05, 3.63) is 59.7 Å². The van der Waals surface area contributed by atoms with Gasteiger partial charge in [-0.2, -0.15) is 22.0 Å². The van der Waals surface area contributed by atoms with Gasteiger partial charge in [0.1, 0.15) is 11.3 Å². The van der Waals surface area contributed by atoms with Crippen molar-refractivity contribution in [3.8, 4) is 11.3 Å². The van der Waals surface area contributed by atoms with Crippen LogP contribution in [0.2, 0.25) is 0 Å². The lowest BCUT2D eigenvalue weighted by Crippen LogP contribution is -2.35. The van der Waals surface area contributed by atoms with Gasteiger partial charge in [0.25, 0.3) is 0 Å². The Morgan fingerprint density at radius 3 is 2.31 bits per heavy atom. The molecule has 0 spiro atoms. The standard InChI is InChI=1S/C21H15F5N4O2/c1-3-32-18(31)14-10-30-15(27-14)9-8-13-16(12-6-4-11(2)5-7-12)28-19(29-17(13)30)20(22,23)21(24,25)26/h4-10H,3H2,1-2H3. The van der Waals surface area contributed by atoms with Gasteiger partial charge in [-0.1, -0.05) is 29.8 Å². The van der Waals surface area contributed by atoms with E-state index >= 15 is 0 Å². The van der Waals surface area contributed by atoms with Crippen molar-refractivity contribution in [2.24, 2.45) is 0 Å². The minimum atomic E-state index is -5.90. The molecule has 1 aromatic carbocycles. The lowest BCUT2D eigenvalue weighted by Gasteiger charge is -2.19. The van der Waals surface area contributed by atoms with Gasteiger partial charge in [0.15, 0.2) is 5.69 Å². The fourth-order valence-electron chi connectivity index (χ4n) is 3.14. The third-order valence-corrected chi connectivity index (χ3v) is 4.73. The normalized spacial score (nSPS) is 12.5. The molecule has 0 aliphatic rings. The van der Waals surface area contributed by atoms with Crippen LogP contribution in [0.3, 0.4) is 0 Å². The van der Waals surface area contributed by atoms with Gasteiger partial charge in [-0.15, -0.1) is 0 Å². The molecular formula is C21H15F5N4O2. The van der Waals surface area contributed by atoms with Gasteiger partial charge in [-0.25, -0.2) is 19.7 Å². The Balaban J connectivity index is 2.06. The van der Waals surface area contributed by atoms with Gasteiger partial charge in [-0.05, 0) is 26.0 Å². The number of ether oxygens (including phenoxy) is 1. The number of fused-ring (bicyclic) bond motifs is 3. The van der Waals surface area contributed by atoms with E-state index in [2.05, 4.69) is 15.0 Å². The van der Waals surface area contributed by atoms with Crippen molar-refractivity contribution >= 4 is 22.6 Å². The van der Waals surface area contributed by atoms with E-state index in [1.807, 2.05) is 0 Å². The number of pyridine rings is 1. The van der Waals surface area contributed by atoms with Gasteiger partial charge >= 0.3 is 18.1 Å². The van der Waals surface area contributed by atoms with Crippen LogP contribution >= 0.6 is 0 Å².